The summed E-state index contributed by atoms with van der Waals surface area (Å²) in [6, 6.07) is 10.8. The highest BCUT2D eigenvalue weighted by Gasteiger charge is 2.14. The van der Waals surface area contributed by atoms with Gasteiger partial charge in [0.25, 0.3) is 5.91 Å². The molecule has 27 heavy (non-hydrogen) atoms. The van der Waals surface area contributed by atoms with E-state index in [1.54, 1.807) is 18.2 Å². The minimum Gasteiger partial charge on any atom is -0.486 e. The van der Waals surface area contributed by atoms with Gasteiger partial charge in [0.2, 0.25) is 0 Å². The number of anilines is 1. The van der Waals surface area contributed by atoms with Gasteiger partial charge in [0, 0.05) is 11.8 Å². The molecule has 0 saturated heterocycles. The predicted molar refractivity (Wildman–Crippen MR) is 98.4 cm³/mol. The molecule has 1 aliphatic heterocycles. The van der Waals surface area contributed by atoms with E-state index in [9.17, 15) is 9.59 Å². The first-order valence-electron chi connectivity index (χ1n) is 8.56. The smallest absolute Gasteiger partial charge is 0.344 e. The highest BCUT2D eigenvalue weighted by Crippen LogP contribution is 2.32. The van der Waals surface area contributed by atoms with Gasteiger partial charge in [-0.3, -0.25) is 4.79 Å². The van der Waals surface area contributed by atoms with Gasteiger partial charge < -0.3 is 24.3 Å². The number of ether oxygens (including phenoxy) is 4. The summed E-state index contributed by atoms with van der Waals surface area (Å²) in [4.78, 5) is 23.8. The predicted octanol–water partition coefficient (Wildman–Crippen LogP) is 2.64. The highest BCUT2D eigenvalue weighted by molar-refractivity contribution is 5.93. The fourth-order valence-electron chi connectivity index (χ4n) is 2.51. The zero-order chi connectivity index (χ0) is 19.2. The largest absolute Gasteiger partial charge is 0.486 e. The quantitative estimate of drug-likeness (QED) is 0.786. The van der Waals surface area contributed by atoms with E-state index in [1.807, 2.05) is 32.0 Å². The molecule has 1 N–H and O–H groups in total. The zero-order valence-corrected chi connectivity index (χ0v) is 15.2. The van der Waals surface area contributed by atoms with Crippen molar-refractivity contribution < 1.29 is 28.5 Å². The van der Waals surface area contributed by atoms with Crippen molar-refractivity contribution in [2.24, 2.45) is 0 Å². The summed E-state index contributed by atoms with van der Waals surface area (Å²) in [5.74, 6) is 0.750. The Bertz CT molecular complexity index is 848. The van der Waals surface area contributed by atoms with E-state index in [2.05, 4.69) is 5.32 Å². The van der Waals surface area contributed by atoms with Gasteiger partial charge in [-0.15, -0.1) is 0 Å². The van der Waals surface area contributed by atoms with Crippen molar-refractivity contribution in [2.45, 2.75) is 13.8 Å². The molecule has 0 aromatic heterocycles. The van der Waals surface area contributed by atoms with E-state index in [0.717, 1.165) is 11.1 Å². The maximum atomic E-state index is 12.0. The van der Waals surface area contributed by atoms with Gasteiger partial charge in [0.05, 0.1) is 0 Å². The van der Waals surface area contributed by atoms with Gasteiger partial charge >= 0.3 is 5.97 Å². The molecule has 0 unspecified atom stereocenters. The highest BCUT2D eigenvalue weighted by atomic mass is 16.6. The van der Waals surface area contributed by atoms with Crippen LogP contribution >= 0.6 is 0 Å². The van der Waals surface area contributed by atoms with E-state index in [1.165, 1.54) is 0 Å². The van der Waals surface area contributed by atoms with Gasteiger partial charge in [0.1, 0.15) is 19.0 Å². The lowest BCUT2D eigenvalue weighted by Gasteiger charge is -2.19. The standard InChI is InChI=1S/C20H21NO6/c1-13-3-4-14(2)17(9-13)26-12-20(23)27-11-19(22)21-15-5-6-16-18(10-15)25-8-7-24-16/h3-6,9-10H,7-8,11-12H2,1-2H3,(H,21,22). The molecule has 1 heterocycles. The molecule has 0 bridgehead atoms. The topological polar surface area (TPSA) is 83.1 Å². The van der Waals surface area contributed by atoms with Crippen LogP contribution in [-0.2, 0) is 14.3 Å². The first kappa shape index (κ1) is 18.6. The van der Waals surface area contributed by atoms with Crippen LogP contribution in [0.3, 0.4) is 0 Å². The molecule has 0 atom stereocenters. The number of hydrogen-bond donors (Lipinski definition) is 1. The number of hydrogen-bond acceptors (Lipinski definition) is 6. The van der Waals surface area contributed by atoms with Crippen molar-refractivity contribution in [1.82, 2.24) is 0 Å². The van der Waals surface area contributed by atoms with Gasteiger partial charge in [0.15, 0.2) is 24.7 Å². The maximum Gasteiger partial charge on any atom is 0.344 e. The fourth-order valence-corrected chi connectivity index (χ4v) is 2.51. The van der Waals surface area contributed by atoms with Gasteiger partial charge in [-0.25, -0.2) is 4.79 Å². The molecular weight excluding hydrogens is 350 g/mol. The Kier molecular flexibility index (Phi) is 5.80. The number of esters is 1. The third-order valence-corrected chi connectivity index (χ3v) is 3.88. The molecule has 1 aliphatic rings. The maximum absolute atomic E-state index is 12.0. The van der Waals surface area contributed by atoms with Crippen molar-refractivity contribution in [3.63, 3.8) is 0 Å². The van der Waals surface area contributed by atoms with Crippen LogP contribution in [0.5, 0.6) is 17.2 Å². The van der Waals surface area contributed by atoms with Crippen molar-refractivity contribution in [1.29, 1.82) is 0 Å². The second kappa shape index (κ2) is 8.44. The number of rotatable bonds is 6. The molecule has 0 fully saturated rings. The number of fused-ring (bicyclic) bond motifs is 1. The third kappa shape index (κ3) is 5.13. The SMILES string of the molecule is Cc1ccc(C)c(OCC(=O)OCC(=O)Nc2ccc3c(c2)OCCO3)c1. The van der Waals surface area contributed by atoms with Crippen molar-refractivity contribution in [3.05, 3.63) is 47.5 Å². The average Bonchev–Trinajstić information content (AvgIpc) is 2.67. The van der Waals surface area contributed by atoms with Crippen LogP contribution in [0.2, 0.25) is 0 Å². The third-order valence-electron chi connectivity index (χ3n) is 3.88. The summed E-state index contributed by atoms with van der Waals surface area (Å²) >= 11 is 0. The Labute approximate surface area is 157 Å². The summed E-state index contributed by atoms with van der Waals surface area (Å²) in [7, 11) is 0. The number of amides is 1. The van der Waals surface area contributed by atoms with Gasteiger partial charge in [-0.05, 0) is 43.2 Å². The lowest BCUT2D eigenvalue weighted by Crippen LogP contribution is -2.24. The van der Waals surface area contributed by atoms with Crippen LogP contribution < -0.4 is 19.5 Å². The monoisotopic (exact) mass is 371 g/mol. The molecule has 3 rings (SSSR count). The van der Waals surface area contributed by atoms with Crippen molar-refractivity contribution in [3.8, 4) is 17.2 Å². The zero-order valence-electron chi connectivity index (χ0n) is 15.2. The average molecular weight is 371 g/mol. The molecule has 1 amide bonds. The summed E-state index contributed by atoms with van der Waals surface area (Å²) in [6.07, 6.45) is 0. The molecular formula is C20H21NO6. The number of benzene rings is 2. The lowest BCUT2D eigenvalue weighted by molar-refractivity contribution is -0.149. The molecule has 0 aliphatic carbocycles. The summed E-state index contributed by atoms with van der Waals surface area (Å²) in [5, 5.41) is 2.65. The number of nitrogens with one attached hydrogen (secondary N) is 1. The van der Waals surface area contributed by atoms with Gasteiger partial charge in [-0.2, -0.15) is 0 Å². The summed E-state index contributed by atoms with van der Waals surface area (Å²) in [5.41, 5.74) is 2.49. The summed E-state index contributed by atoms with van der Waals surface area (Å²) < 4.78 is 21.3. The lowest BCUT2D eigenvalue weighted by atomic mass is 10.1. The molecule has 7 heteroatoms. The van der Waals surface area contributed by atoms with E-state index in [0.29, 0.717) is 36.1 Å². The van der Waals surface area contributed by atoms with E-state index in [-0.39, 0.29) is 6.61 Å². The van der Waals surface area contributed by atoms with Gasteiger partial charge in [-0.1, -0.05) is 12.1 Å². The Morgan fingerprint density at radius 1 is 1.00 bits per heavy atom. The number of carbonyl (C=O) groups excluding carboxylic acids is 2. The first-order valence-corrected chi connectivity index (χ1v) is 8.56. The van der Waals surface area contributed by atoms with Crippen LogP contribution in [0.4, 0.5) is 5.69 Å². The molecule has 0 radical (unpaired) electrons. The van der Waals surface area contributed by atoms with Crippen LogP contribution in [0, 0.1) is 13.8 Å². The molecule has 7 nitrogen and oxygen atoms in total. The molecule has 2 aromatic rings. The van der Waals surface area contributed by atoms with E-state index >= 15 is 0 Å². The molecule has 2 aromatic carbocycles. The molecule has 142 valence electrons. The Balaban J connectivity index is 1.44. The normalized spacial score (nSPS) is 12.2. The van der Waals surface area contributed by atoms with E-state index in [4.69, 9.17) is 18.9 Å². The summed E-state index contributed by atoms with van der Waals surface area (Å²) in [6.45, 7) is 4.12. The minimum atomic E-state index is -0.617. The Morgan fingerprint density at radius 2 is 1.78 bits per heavy atom. The Hall–Kier alpha value is -3.22. The second-order valence-corrected chi connectivity index (χ2v) is 6.12. The fraction of sp³-hybridized carbons (Fsp3) is 0.300. The van der Waals surface area contributed by atoms with E-state index < -0.39 is 18.5 Å². The Morgan fingerprint density at radius 3 is 2.59 bits per heavy atom. The molecule has 0 spiro atoms. The van der Waals surface area contributed by atoms with Crippen LogP contribution in [0.15, 0.2) is 36.4 Å². The van der Waals surface area contributed by atoms with Crippen LogP contribution in [-0.4, -0.2) is 38.3 Å². The van der Waals surface area contributed by atoms with Crippen LogP contribution in [0.25, 0.3) is 0 Å². The van der Waals surface area contributed by atoms with Crippen molar-refractivity contribution >= 4 is 17.6 Å². The minimum absolute atomic E-state index is 0.262. The molecule has 0 saturated carbocycles. The first-order chi connectivity index (χ1) is 13.0. The van der Waals surface area contributed by atoms with Crippen molar-refractivity contribution in [2.75, 3.05) is 31.7 Å². The number of aryl methyl sites for hydroxylation is 2. The second-order valence-electron chi connectivity index (χ2n) is 6.12. The number of carbonyl (C=O) groups is 2. The van der Waals surface area contributed by atoms with Crippen LogP contribution in [0.1, 0.15) is 11.1 Å².